The Kier molecular flexibility index (Phi) is 3.51. The lowest BCUT2D eigenvalue weighted by Gasteiger charge is -2.32. The Morgan fingerprint density at radius 2 is 1.82 bits per heavy atom. The van der Waals surface area contributed by atoms with Crippen LogP contribution in [0.3, 0.4) is 0 Å². The molecule has 0 amide bonds. The summed E-state index contributed by atoms with van der Waals surface area (Å²) in [5.41, 5.74) is 7.64. The van der Waals surface area contributed by atoms with Crippen LogP contribution >= 0.6 is 0 Å². The van der Waals surface area contributed by atoms with Gasteiger partial charge in [0.05, 0.1) is 24.3 Å². The second kappa shape index (κ2) is 5.01. The van der Waals surface area contributed by atoms with Crippen molar-refractivity contribution in [3.63, 3.8) is 0 Å². The average molecular weight is 302 g/mol. The maximum atomic E-state index is 6.43. The summed E-state index contributed by atoms with van der Waals surface area (Å²) in [4.78, 5) is 3.24. The van der Waals surface area contributed by atoms with E-state index in [0.29, 0.717) is 0 Å². The normalized spacial score (nSPS) is 21.3. The van der Waals surface area contributed by atoms with Crippen molar-refractivity contribution in [1.82, 2.24) is 4.98 Å². The zero-order valence-corrected chi connectivity index (χ0v) is 13.8. The highest BCUT2D eigenvalue weighted by Gasteiger charge is 2.53. The molecule has 0 aliphatic carbocycles. The molecule has 0 bridgehead atoms. The second-order valence-electron chi connectivity index (χ2n) is 6.81. The average Bonchev–Trinajstić information content (AvgIpc) is 2.96. The van der Waals surface area contributed by atoms with Crippen molar-refractivity contribution in [2.75, 3.05) is 7.11 Å². The first kappa shape index (κ1) is 15.4. The summed E-state index contributed by atoms with van der Waals surface area (Å²) in [6.07, 6.45) is 1.92. The number of rotatable bonds is 3. The van der Waals surface area contributed by atoms with Gasteiger partial charge in [0.1, 0.15) is 5.75 Å². The maximum Gasteiger partial charge on any atom is 0.480 e. The third-order valence-corrected chi connectivity index (χ3v) is 4.84. The molecule has 0 unspecified atom stereocenters. The molecule has 1 aromatic heterocycles. The Balaban J connectivity index is 1.95. The van der Waals surface area contributed by atoms with Gasteiger partial charge in [-0.3, -0.25) is 0 Å². The van der Waals surface area contributed by atoms with E-state index in [0.717, 1.165) is 22.2 Å². The summed E-state index contributed by atoms with van der Waals surface area (Å²) < 4.78 is 17.4. The molecule has 118 valence electrons. The van der Waals surface area contributed by atoms with Crippen molar-refractivity contribution in [3.8, 4) is 5.75 Å². The number of ether oxygens (including phenoxy) is 1. The molecule has 0 radical (unpaired) electrons. The van der Waals surface area contributed by atoms with E-state index in [1.54, 1.807) is 7.11 Å². The van der Waals surface area contributed by atoms with Crippen molar-refractivity contribution < 1.29 is 14.0 Å². The Morgan fingerprint density at radius 1 is 1.18 bits per heavy atom. The van der Waals surface area contributed by atoms with Gasteiger partial charge in [-0.1, -0.05) is 0 Å². The lowest BCUT2D eigenvalue weighted by atomic mass is 9.75. The van der Waals surface area contributed by atoms with Crippen molar-refractivity contribution in [2.45, 2.75) is 44.8 Å². The van der Waals surface area contributed by atoms with Crippen LogP contribution in [0.1, 0.15) is 39.2 Å². The molecular weight excluding hydrogens is 279 g/mol. The topological polar surface area (TPSA) is 69.5 Å². The van der Waals surface area contributed by atoms with Crippen molar-refractivity contribution in [2.24, 2.45) is 5.73 Å². The third kappa shape index (κ3) is 2.31. The molecule has 3 N–H and O–H groups in total. The summed E-state index contributed by atoms with van der Waals surface area (Å²) >= 11 is 0. The van der Waals surface area contributed by atoms with Gasteiger partial charge in [0.25, 0.3) is 0 Å². The molecular formula is C16H23BN2O3. The van der Waals surface area contributed by atoms with E-state index in [1.807, 2.05) is 52.1 Å². The largest absolute Gasteiger partial charge is 0.497 e. The first-order valence-electron chi connectivity index (χ1n) is 7.51. The molecule has 1 fully saturated rings. The first-order chi connectivity index (χ1) is 10.2. The summed E-state index contributed by atoms with van der Waals surface area (Å²) in [7, 11) is 1.18. The monoisotopic (exact) mass is 302 g/mol. The van der Waals surface area contributed by atoms with Crippen molar-refractivity contribution >= 4 is 18.0 Å². The lowest BCUT2D eigenvalue weighted by Crippen LogP contribution is -2.41. The fourth-order valence-corrected chi connectivity index (χ4v) is 2.71. The summed E-state index contributed by atoms with van der Waals surface area (Å²) in [5.74, 6) is 0.427. The zero-order valence-electron chi connectivity index (χ0n) is 13.8. The van der Waals surface area contributed by atoms with E-state index in [9.17, 15) is 0 Å². The van der Waals surface area contributed by atoms with Gasteiger partial charge in [0.15, 0.2) is 0 Å². The van der Waals surface area contributed by atoms with Crippen LogP contribution in [-0.2, 0) is 9.31 Å². The molecule has 6 heteroatoms. The number of nitrogens with two attached hydrogens (primary N) is 1. The third-order valence-electron chi connectivity index (χ3n) is 4.84. The van der Waals surface area contributed by atoms with Crippen LogP contribution in [0.2, 0.25) is 0 Å². The van der Waals surface area contributed by atoms with Gasteiger partial charge in [-0.05, 0) is 51.5 Å². The van der Waals surface area contributed by atoms with Gasteiger partial charge in [-0.15, -0.1) is 0 Å². The minimum atomic E-state index is -0.477. The number of methoxy groups -OCH3 is 1. The van der Waals surface area contributed by atoms with Crippen LogP contribution in [0.25, 0.3) is 10.9 Å². The van der Waals surface area contributed by atoms with E-state index in [4.69, 9.17) is 19.8 Å². The van der Waals surface area contributed by atoms with Crippen LogP contribution < -0.4 is 10.5 Å². The van der Waals surface area contributed by atoms with Crippen LogP contribution in [0, 0.1) is 0 Å². The van der Waals surface area contributed by atoms with Gasteiger partial charge in [0.2, 0.25) is 0 Å². The highest BCUT2D eigenvalue weighted by Crippen LogP contribution is 2.40. The number of benzene rings is 1. The van der Waals surface area contributed by atoms with E-state index in [2.05, 4.69) is 4.98 Å². The lowest BCUT2D eigenvalue weighted by molar-refractivity contribution is 0.00578. The fourth-order valence-electron chi connectivity index (χ4n) is 2.71. The molecule has 1 aliphatic heterocycles. The van der Waals surface area contributed by atoms with Gasteiger partial charge in [-0.25, -0.2) is 0 Å². The predicted molar refractivity (Wildman–Crippen MR) is 87.9 cm³/mol. The Hall–Kier alpha value is -1.50. The maximum absolute atomic E-state index is 6.43. The second-order valence-corrected chi connectivity index (χ2v) is 6.81. The molecule has 3 rings (SSSR count). The van der Waals surface area contributed by atoms with Gasteiger partial charge >= 0.3 is 7.12 Å². The molecule has 2 aromatic rings. The number of nitrogens with one attached hydrogen (secondary N) is 1. The highest BCUT2D eigenvalue weighted by atomic mass is 16.7. The van der Waals surface area contributed by atoms with Gasteiger partial charge in [-0.2, -0.15) is 0 Å². The molecule has 22 heavy (non-hydrogen) atoms. The molecule has 0 spiro atoms. The van der Waals surface area contributed by atoms with Crippen molar-refractivity contribution in [1.29, 1.82) is 0 Å². The highest BCUT2D eigenvalue weighted by molar-refractivity contribution is 6.47. The predicted octanol–water partition coefficient (Wildman–Crippen LogP) is 2.81. The summed E-state index contributed by atoms with van der Waals surface area (Å²) in [6, 6.07) is 5.88. The summed E-state index contributed by atoms with van der Waals surface area (Å²) in [5, 5.41) is 1.03. The van der Waals surface area contributed by atoms with E-state index in [-0.39, 0.29) is 17.1 Å². The van der Waals surface area contributed by atoms with Gasteiger partial charge in [0, 0.05) is 17.1 Å². The van der Waals surface area contributed by atoms with E-state index in [1.165, 1.54) is 0 Å². The Bertz CT molecular complexity index is 680. The molecule has 5 nitrogen and oxygen atoms in total. The molecule has 0 saturated carbocycles. The number of hydrogen-bond donors (Lipinski definition) is 2. The molecule has 1 atom stereocenters. The number of fused-ring (bicyclic) bond motifs is 1. The standard InChI is InChI=1S/C16H23BN2O3/c1-15(2)16(3,4)22-17(21-15)14(18)12-9-19-13-7-6-10(20-5)8-11(12)13/h6-9,14,19H,18H2,1-5H3/t14-/m1/s1. The number of aromatic amines is 1. The zero-order chi connectivity index (χ0) is 16.1. The fraction of sp³-hybridized carbons (Fsp3) is 0.500. The number of hydrogen-bond acceptors (Lipinski definition) is 4. The molecule has 1 aromatic carbocycles. The molecule has 1 saturated heterocycles. The first-order valence-corrected chi connectivity index (χ1v) is 7.51. The van der Waals surface area contributed by atoms with E-state index >= 15 is 0 Å². The van der Waals surface area contributed by atoms with E-state index < -0.39 is 7.12 Å². The summed E-state index contributed by atoms with van der Waals surface area (Å²) in [6.45, 7) is 8.10. The van der Waals surface area contributed by atoms with Crippen LogP contribution in [0.5, 0.6) is 5.75 Å². The number of H-pyrrole nitrogens is 1. The minimum Gasteiger partial charge on any atom is -0.497 e. The van der Waals surface area contributed by atoms with Crippen LogP contribution in [0.4, 0.5) is 0 Å². The Morgan fingerprint density at radius 3 is 2.41 bits per heavy atom. The Labute approximate surface area is 131 Å². The van der Waals surface area contributed by atoms with Crippen LogP contribution in [-0.4, -0.2) is 30.4 Å². The quantitative estimate of drug-likeness (QED) is 0.855. The number of aromatic nitrogens is 1. The SMILES string of the molecule is COc1ccc2[nH]cc([C@@H](N)B3OC(C)(C)C(C)(C)O3)c2c1. The molecule has 2 heterocycles. The molecule has 1 aliphatic rings. The van der Waals surface area contributed by atoms with Gasteiger partial charge < -0.3 is 24.8 Å². The smallest absolute Gasteiger partial charge is 0.480 e. The van der Waals surface area contributed by atoms with Crippen molar-refractivity contribution in [3.05, 3.63) is 30.0 Å². The minimum absolute atomic E-state index is 0.373. The van der Waals surface area contributed by atoms with Crippen LogP contribution in [0.15, 0.2) is 24.4 Å².